The first kappa shape index (κ1) is 15.5. The molecule has 0 aliphatic rings. The molecule has 0 N–H and O–H groups in total. The molecule has 15 heavy (non-hydrogen) atoms. The van der Waals surface area contributed by atoms with Crippen LogP contribution < -0.4 is 51.4 Å². The molecule has 0 spiro atoms. The minimum absolute atomic E-state index is 0. The second-order valence-corrected chi connectivity index (χ2v) is 4.05. The molecule has 76 valence electrons. The van der Waals surface area contributed by atoms with E-state index in [0.717, 1.165) is 18.2 Å². The van der Waals surface area contributed by atoms with E-state index >= 15 is 0 Å². The van der Waals surface area contributed by atoms with Crippen molar-refractivity contribution in [1.82, 2.24) is 0 Å². The van der Waals surface area contributed by atoms with Crippen molar-refractivity contribution >= 4 is 27.4 Å². The van der Waals surface area contributed by atoms with Crippen LogP contribution in [-0.4, -0.2) is 17.9 Å². The van der Waals surface area contributed by atoms with Crippen molar-refractivity contribution in [2.75, 3.05) is 0 Å². The maximum absolute atomic E-state index is 10.6. The standard InChI is InChI=1S/C6H4ClNO5S.K/c7-4-2-1-3-5(14(11,12)13)6(4)8(9)10;/h1-3H,(H,11,12,13);/q;+1/p-1. The van der Waals surface area contributed by atoms with Crippen molar-refractivity contribution in [1.29, 1.82) is 0 Å². The van der Waals surface area contributed by atoms with Crippen LogP contribution in [0.25, 0.3) is 0 Å². The maximum atomic E-state index is 10.6. The van der Waals surface area contributed by atoms with E-state index in [1.807, 2.05) is 0 Å². The molecule has 0 amide bonds. The van der Waals surface area contributed by atoms with Crippen LogP contribution >= 0.6 is 11.6 Å². The van der Waals surface area contributed by atoms with Gasteiger partial charge in [0.15, 0.2) is 0 Å². The van der Waals surface area contributed by atoms with Gasteiger partial charge in [0.2, 0.25) is 0 Å². The molecule has 9 heteroatoms. The third-order valence-corrected chi connectivity index (χ3v) is 2.57. The van der Waals surface area contributed by atoms with Crippen LogP contribution in [0.15, 0.2) is 23.1 Å². The Bertz CT molecular complexity index is 488. The topological polar surface area (TPSA) is 100 Å². The van der Waals surface area contributed by atoms with E-state index < -0.39 is 25.6 Å². The normalized spacial score (nSPS) is 10.5. The SMILES string of the molecule is O=[N+]([O-])c1c(Cl)cccc1S(=O)(=O)[O-].[K+]. The second kappa shape index (κ2) is 5.69. The molecule has 1 aromatic carbocycles. The van der Waals surface area contributed by atoms with Crippen LogP contribution in [0.2, 0.25) is 5.02 Å². The number of rotatable bonds is 2. The number of hydrogen-bond acceptors (Lipinski definition) is 5. The van der Waals surface area contributed by atoms with Gasteiger partial charge in [-0.05, 0) is 12.1 Å². The summed E-state index contributed by atoms with van der Waals surface area (Å²) >= 11 is 5.39. The van der Waals surface area contributed by atoms with Crippen molar-refractivity contribution < 1.29 is 69.3 Å². The van der Waals surface area contributed by atoms with Gasteiger partial charge in [-0.1, -0.05) is 17.7 Å². The monoisotopic (exact) mass is 275 g/mol. The van der Waals surface area contributed by atoms with E-state index in [2.05, 4.69) is 0 Å². The van der Waals surface area contributed by atoms with Gasteiger partial charge in [0.05, 0.1) is 4.92 Å². The van der Waals surface area contributed by atoms with Gasteiger partial charge in [-0.25, -0.2) is 8.42 Å². The molecule has 0 heterocycles. The van der Waals surface area contributed by atoms with Crippen LogP contribution in [0.1, 0.15) is 0 Å². The van der Waals surface area contributed by atoms with Gasteiger partial charge in [-0.2, -0.15) is 0 Å². The van der Waals surface area contributed by atoms with Crippen LogP contribution in [0.5, 0.6) is 0 Å². The first-order valence-corrected chi connectivity index (χ1v) is 5.01. The van der Waals surface area contributed by atoms with Crippen LogP contribution in [-0.2, 0) is 10.1 Å². The number of nitro groups is 1. The summed E-state index contributed by atoms with van der Waals surface area (Å²) in [5, 5.41) is 10.0. The van der Waals surface area contributed by atoms with E-state index in [-0.39, 0.29) is 56.4 Å². The Kier molecular flexibility index (Phi) is 5.86. The number of nitro benzene ring substituents is 1. The van der Waals surface area contributed by atoms with Gasteiger partial charge in [0, 0.05) is 0 Å². The van der Waals surface area contributed by atoms with Crippen molar-refractivity contribution in [2.45, 2.75) is 4.90 Å². The molecule has 0 aromatic heterocycles. The van der Waals surface area contributed by atoms with Gasteiger partial charge in [0.25, 0.3) is 0 Å². The summed E-state index contributed by atoms with van der Waals surface area (Å²) < 4.78 is 31.8. The minimum atomic E-state index is -4.88. The molecule has 0 aliphatic carbocycles. The summed E-state index contributed by atoms with van der Waals surface area (Å²) in [4.78, 5) is 8.48. The Morgan fingerprint density at radius 3 is 2.20 bits per heavy atom. The van der Waals surface area contributed by atoms with E-state index in [9.17, 15) is 23.1 Å². The average molecular weight is 276 g/mol. The number of para-hydroxylation sites is 1. The molecule has 6 nitrogen and oxygen atoms in total. The molecule has 1 aromatic rings. The molecule has 0 bridgehead atoms. The Morgan fingerprint density at radius 1 is 1.33 bits per heavy atom. The summed E-state index contributed by atoms with van der Waals surface area (Å²) in [7, 11) is -4.88. The molecule has 0 radical (unpaired) electrons. The Morgan fingerprint density at radius 2 is 1.87 bits per heavy atom. The van der Waals surface area contributed by atoms with Crippen LogP contribution in [0, 0.1) is 10.1 Å². The van der Waals surface area contributed by atoms with E-state index in [0.29, 0.717) is 0 Å². The average Bonchev–Trinajstić information content (AvgIpc) is 2.01. The van der Waals surface area contributed by atoms with E-state index in [4.69, 9.17) is 11.6 Å². The summed E-state index contributed by atoms with van der Waals surface area (Å²) in [6, 6.07) is 3.13. The third kappa shape index (κ3) is 3.75. The Hall–Kier alpha value is 0.456. The maximum Gasteiger partial charge on any atom is 1.00 e. The van der Waals surface area contributed by atoms with Crippen LogP contribution in [0.4, 0.5) is 5.69 Å². The first-order valence-electron chi connectivity index (χ1n) is 3.23. The number of hydrogen-bond donors (Lipinski definition) is 0. The molecule has 0 unspecified atom stereocenters. The zero-order valence-electron chi connectivity index (χ0n) is 7.51. The zero-order valence-corrected chi connectivity index (χ0v) is 12.2. The Labute approximate surface area is 133 Å². The summed E-state index contributed by atoms with van der Waals surface area (Å²) in [5.41, 5.74) is -0.885. The first-order chi connectivity index (χ1) is 6.34. The molecule has 0 saturated heterocycles. The smallest absolute Gasteiger partial charge is 0.744 e. The molecule has 0 aliphatic heterocycles. The van der Waals surface area contributed by atoms with Crippen molar-refractivity contribution in [3.63, 3.8) is 0 Å². The minimum Gasteiger partial charge on any atom is -0.744 e. The summed E-state index contributed by atoms with van der Waals surface area (Å²) in [6.07, 6.45) is 0. The van der Waals surface area contributed by atoms with Gasteiger partial charge >= 0.3 is 57.1 Å². The number of halogens is 1. The fraction of sp³-hybridized carbons (Fsp3) is 0. The number of nitrogens with zero attached hydrogens (tertiary/aromatic N) is 1. The quantitative estimate of drug-likeness (QED) is 0.273. The third-order valence-electron chi connectivity index (χ3n) is 1.40. The van der Waals surface area contributed by atoms with E-state index in [1.165, 1.54) is 0 Å². The summed E-state index contributed by atoms with van der Waals surface area (Å²) in [6.45, 7) is 0. The summed E-state index contributed by atoms with van der Waals surface area (Å²) in [5.74, 6) is 0. The predicted molar refractivity (Wildman–Crippen MR) is 46.1 cm³/mol. The van der Waals surface area contributed by atoms with Crippen molar-refractivity contribution in [3.05, 3.63) is 33.3 Å². The van der Waals surface area contributed by atoms with Crippen molar-refractivity contribution in [2.24, 2.45) is 0 Å². The van der Waals surface area contributed by atoms with Crippen molar-refractivity contribution in [3.8, 4) is 0 Å². The van der Waals surface area contributed by atoms with Gasteiger partial charge in [-0.15, -0.1) is 0 Å². The molecule has 0 saturated carbocycles. The van der Waals surface area contributed by atoms with E-state index in [1.54, 1.807) is 0 Å². The molecular weight excluding hydrogens is 273 g/mol. The molecule has 0 fully saturated rings. The van der Waals surface area contributed by atoms with Gasteiger partial charge < -0.3 is 4.55 Å². The van der Waals surface area contributed by atoms with Gasteiger partial charge in [0.1, 0.15) is 20.0 Å². The second-order valence-electron chi connectivity index (χ2n) is 2.30. The fourth-order valence-corrected chi connectivity index (χ4v) is 1.84. The molecule has 0 atom stereocenters. The van der Waals surface area contributed by atoms with Crippen LogP contribution in [0.3, 0.4) is 0 Å². The predicted octanol–water partition coefficient (Wildman–Crippen LogP) is -1.84. The fourth-order valence-electron chi connectivity index (χ4n) is 0.874. The largest absolute Gasteiger partial charge is 1.00 e. The molecular formula is C6H3ClKNO5S. The van der Waals surface area contributed by atoms with Gasteiger partial charge in [-0.3, -0.25) is 10.1 Å². The number of benzene rings is 1. The Balaban J connectivity index is 0.00000196. The molecule has 1 rings (SSSR count). The zero-order chi connectivity index (χ0) is 10.9.